The predicted molar refractivity (Wildman–Crippen MR) is 54.3 cm³/mol. The Morgan fingerprint density at radius 2 is 2.50 bits per heavy atom. The van der Waals surface area contributed by atoms with Crippen molar-refractivity contribution >= 4 is 17.7 Å². The number of hydrogen-bond acceptors (Lipinski definition) is 6. The van der Waals surface area contributed by atoms with Gasteiger partial charge in [0.25, 0.3) is 0 Å². The van der Waals surface area contributed by atoms with E-state index in [9.17, 15) is 4.79 Å². The molecule has 1 amide bonds. The third-order valence-corrected chi connectivity index (χ3v) is 1.76. The molecule has 0 aromatic carbocycles. The molecule has 8 heteroatoms. The minimum absolute atomic E-state index is 0.0239. The van der Waals surface area contributed by atoms with Crippen molar-refractivity contribution < 1.29 is 9.32 Å². The maximum absolute atomic E-state index is 11.5. The van der Waals surface area contributed by atoms with Crippen LogP contribution in [-0.4, -0.2) is 25.8 Å². The second kappa shape index (κ2) is 4.01. The topological polar surface area (TPSA) is 112 Å². The van der Waals surface area contributed by atoms with E-state index in [4.69, 9.17) is 10.3 Å². The van der Waals surface area contributed by atoms with Crippen molar-refractivity contribution in [2.75, 3.05) is 11.1 Å². The van der Waals surface area contributed by atoms with Gasteiger partial charge in [-0.2, -0.15) is 0 Å². The largest absolute Gasteiger partial charge is 0.367 e. The molecule has 0 saturated carbocycles. The van der Waals surface area contributed by atoms with E-state index in [1.54, 1.807) is 13.0 Å². The summed E-state index contributed by atoms with van der Waals surface area (Å²) in [6.07, 6.45) is 1.38. The number of nitrogens with one attached hydrogen (secondary N) is 1. The Bertz CT molecular complexity index is 458. The molecule has 0 aliphatic rings. The lowest BCUT2D eigenvalue weighted by atomic mass is 10.5. The third kappa shape index (κ3) is 2.35. The standard InChI is InChI=1S/C8H10N6O2/c1-5-2-6(13-16-5)11-7(15)3-14-4-10-8(9)12-14/h2,4H,3H2,1H3,(H2,9,12)(H,11,13,15). The zero-order valence-electron chi connectivity index (χ0n) is 8.54. The van der Waals surface area contributed by atoms with Crippen molar-refractivity contribution in [1.82, 2.24) is 19.9 Å². The monoisotopic (exact) mass is 222 g/mol. The second-order valence-electron chi connectivity index (χ2n) is 3.17. The van der Waals surface area contributed by atoms with Gasteiger partial charge in [-0.1, -0.05) is 5.16 Å². The quantitative estimate of drug-likeness (QED) is 0.743. The summed E-state index contributed by atoms with van der Waals surface area (Å²) in [5.41, 5.74) is 5.31. The minimum Gasteiger partial charge on any atom is -0.367 e. The van der Waals surface area contributed by atoms with Gasteiger partial charge in [-0.05, 0) is 6.92 Å². The van der Waals surface area contributed by atoms with Gasteiger partial charge in [-0.3, -0.25) is 4.79 Å². The lowest BCUT2D eigenvalue weighted by Crippen LogP contribution is -2.19. The Labute approximate surface area is 90.4 Å². The Morgan fingerprint density at radius 1 is 1.69 bits per heavy atom. The first-order valence-corrected chi connectivity index (χ1v) is 4.51. The van der Waals surface area contributed by atoms with Crippen LogP contribution in [0.1, 0.15) is 5.76 Å². The first kappa shape index (κ1) is 10.1. The second-order valence-corrected chi connectivity index (χ2v) is 3.17. The number of carbonyl (C=O) groups is 1. The van der Waals surface area contributed by atoms with E-state index in [1.807, 2.05) is 0 Å². The summed E-state index contributed by atoms with van der Waals surface area (Å²) in [6.45, 7) is 1.76. The molecule has 16 heavy (non-hydrogen) atoms. The first-order chi connectivity index (χ1) is 7.63. The van der Waals surface area contributed by atoms with Crippen LogP contribution in [0.4, 0.5) is 11.8 Å². The summed E-state index contributed by atoms with van der Waals surface area (Å²) >= 11 is 0. The van der Waals surface area contributed by atoms with E-state index in [0.717, 1.165) is 0 Å². The third-order valence-electron chi connectivity index (χ3n) is 1.76. The molecule has 0 saturated heterocycles. The minimum atomic E-state index is -0.279. The van der Waals surface area contributed by atoms with Gasteiger partial charge in [-0.25, -0.2) is 9.67 Å². The fourth-order valence-corrected chi connectivity index (χ4v) is 1.14. The average Bonchev–Trinajstić information content (AvgIpc) is 2.76. The van der Waals surface area contributed by atoms with Crippen molar-refractivity contribution in [1.29, 1.82) is 0 Å². The van der Waals surface area contributed by atoms with Gasteiger partial charge >= 0.3 is 0 Å². The van der Waals surface area contributed by atoms with Gasteiger partial charge in [-0.15, -0.1) is 5.10 Å². The fourth-order valence-electron chi connectivity index (χ4n) is 1.14. The Kier molecular flexibility index (Phi) is 2.54. The van der Waals surface area contributed by atoms with Crippen LogP contribution in [0.5, 0.6) is 0 Å². The summed E-state index contributed by atoms with van der Waals surface area (Å²) in [5.74, 6) is 0.846. The summed E-state index contributed by atoms with van der Waals surface area (Å²) in [7, 11) is 0. The van der Waals surface area contributed by atoms with Crippen LogP contribution in [-0.2, 0) is 11.3 Å². The molecule has 84 valence electrons. The number of aromatic nitrogens is 4. The lowest BCUT2D eigenvalue weighted by molar-refractivity contribution is -0.116. The van der Waals surface area contributed by atoms with Gasteiger partial charge in [0.15, 0.2) is 5.82 Å². The Hall–Kier alpha value is -2.38. The zero-order chi connectivity index (χ0) is 11.5. The number of amides is 1. The fraction of sp³-hybridized carbons (Fsp3) is 0.250. The lowest BCUT2D eigenvalue weighted by Gasteiger charge is -1.99. The normalized spacial score (nSPS) is 10.3. The maximum atomic E-state index is 11.5. The SMILES string of the molecule is Cc1cc(NC(=O)Cn2cnc(N)n2)no1. The van der Waals surface area contributed by atoms with Crippen LogP contribution in [0.15, 0.2) is 16.9 Å². The van der Waals surface area contributed by atoms with Gasteiger partial charge in [0.05, 0.1) is 0 Å². The first-order valence-electron chi connectivity index (χ1n) is 4.51. The highest BCUT2D eigenvalue weighted by Gasteiger charge is 2.07. The molecule has 2 heterocycles. The molecule has 0 aliphatic carbocycles. The molecular formula is C8H10N6O2. The molecule has 3 N–H and O–H groups in total. The van der Waals surface area contributed by atoms with Crippen molar-refractivity contribution in [2.24, 2.45) is 0 Å². The van der Waals surface area contributed by atoms with Gasteiger partial charge in [0.2, 0.25) is 11.9 Å². The van der Waals surface area contributed by atoms with E-state index in [2.05, 4.69) is 20.6 Å². The van der Waals surface area contributed by atoms with E-state index in [1.165, 1.54) is 11.0 Å². The molecule has 2 aromatic rings. The Balaban J connectivity index is 1.94. The van der Waals surface area contributed by atoms with E-state index in [-0.39, 0.29) is 18.4 Å². The number of carbonyl (C=O) groups excluding carboxylic acids is 1. The summed E-state index contributed by atoms with van der Waals surface area (Å²) in [5, 5.41) is 9.95. The highest BCUT2D eigenvalue weighted by atomic mass is 16.5. The van der Waals surface area contributed by atoms with Crippen molar-refractivity contribution in [3.63, 3.8) is 0 Å². The molecule has 2 rings (SSSR count). The van der Waals surface area contributed by atoms with Gasteiger partial charge < -0.3 is 15.6 Å². The maximum Gasteiger partial charge on any atom is 0.247 e. The summed E-state index contributed by atoms with van der Waals surface area (Å²) in [6, 6.07) is 1.62. The van der Waals surface area contributed by atoms with Crippen LogP contribution >= 0.6 is 0 Å². The molecule has 0 bridgehead atoms. The number of aryl methyl sites for hydroxylation is 1. The highest BCUT2D eigenvalue weighted by Crippen LogP contribution is 2.06. The van der Waals surface area contributed by atoms with Crippen LogP contribution in [0, 0.1) is 6.92 Å². The molecule has 0 unspecified atom stereocenters. The van der Waals surface area contributed by atoms with Crippen molar-refractivity contribution in [3.8, 4) is 0 Å². The van der Waals surface area contributed by atoms with Gasteiger partial charge in [0.1, 0.15) is 18.6 Å². The van der Waals surface area contributed by atoms with Gasteiger partial charge in [0, 0.05) is 6.07 Å². The molecule has 0 spiro atoms. The number of anilines is 2. The molecule has 8 nitrogen and oxygen atoms in total. The van der Waals surface area contributed by atoms with Crippen molar-refractivity contribution in [3.05, 3.63) is 18.2 Å². The number of hydrogen-bond donors (Lipinski definition) is 2. The highest BCUT2D eigenvalue weighted by molar-refractivity contribution is 5.89. The van der Waals surface area contributed by atoms with Crippen LogP contribution in [0.25, 0.3) is 0 Å². The van der Waals surface area contributed by atoms with Crippen LogP contribution < -0.4 is 11.1 Å². The number of nitrogens with two attached hydrogens (primary N) is 1. The Morgan fingerprint density at radius 3 is 3.06 bits per heavy atom. The van der Waals surface area contributed by atoms with E-state index in [0.29, 0.717) is 11.6 Å². The smallest absolute Gasteiger partial charge is 0.247 e. The summed E-state index contributed by atoms with van der Waals surface area (Å²) in [4.78, 5) is 15.2. The molecule has 0 aliphatic heterocycles. The summed E-state index contributed by atoms with van der Waals surface area (Å²) < 4.78 is 6.13. The molecule has 2 aromatic heterocycles. The zero-order valence-corrected chi connectivity index (χ0v) is 8.54. The van der Waals surface area contributed by atoms with Crippen LogP contribution in [0.3, 0.4) is 0 Å². The number of nitrogen functional groups attached to an aromatic ring is 1. The average molecular weight is 222 g/mol. The molecule has 0 atom stereocenters. The predicted octanol–water partition coefficient (Wildman–Crippen LogP) is -0.205. The number of rotatable bonds is 3. The number of nitrogens with zero attached hydrogens (tertiary/aromatic N) is 4. The van der Waals surface area contributed by atoms with E-state index < -0.39 is 0 Å². The van der Waals surface area contributed by atoms with E-state index >= 15 is 0 Å². The molecule has 0 radical (unpaired) electrons. The molecular weight excluding hydrogens is 212 g/mol. The van der Waals surface area contributed by atoms with Crippen molar-refractivity contribution in [2.45, 2.75) is 13.5 Å². The van der Waals surface area contributed by atoms with Crippen LogP contribution in [0.2, 0.25) is 0 Å². The molecule has 0 fully saturated rings.